The van der Waals surface area contributed by atoms with Crippen molar-refractivity contribution in [2.75, 3.05) is 6.54 Å². The van der Waals surface area contributed by atoms with Gasteiger partial charge >= 0.3 is 0 Å². The maximum atomic E-state index is 12.4. The summed E-state index contributed by atoms with van der Waals surface area (Å²) in [5.41, 5.74) is 7.73. The van der Waals surface area contributed by atoms with E-state index in [9.17, 15) is 9.90 Å². The number of ether oxygens (including phenoxy) is 1. The zero-order valence-corrected chi connectivity index (χ0v) is 14.5. The van der Waals surface area contributed by atoms with E-state index in [0.29, 0.717) is 23.4 Å². The fourth-order valence-electron chi connectivity index (χ4n) is 3.06. The number of hydrogen-bond acceptors (Lipinski definition) is 4. The number of carbonyl (C=O) groups excluding carboxylic acids is 1. The molecule has 3 rings (SSSR count). The topological polar surface area (TPSA) is 84.6 Å². The molecule has 4 N–H and O–H groups in total. The number of rotatable bonds is 4. The zero-order valence-electron chi connectivity index (χ0n) is 14.5. The van der Waals surface area contributed by atoms with Gasteiger partial charge in [-0.15, -0.1) is 0 Å². The van der Waals surface area contributed by atoms with Crippen LogP contribution >= 0.6 is 0 Å². The van der Waals surface area contributed by atoms with Crippen LogP contribution in [0.5, 0.6) is 5.75 Å². The maximum Gasteiger partial charge on any atom is 0.251 e. The van der Waals surface area contributed by atoms with Crippen molar-refractivity contribution in [3.05, 3.63) is 65.2 Å². The molecule has 2 aromatic rings. The Morgan fingerprint density at radius 1 is 1.24 bits per heavy atom. The molecule has 2 atom stereocenters. The minimum absolute atomic E-state index is 0.162. The molecule has 0 fully saturated rings. The third-order valence-electron chi connectivity index (χ3n) is 4.60. The monoisotopic (exact) mass is 340 g/mol. The van der Waals surface area contributed by atoms with E-state index in [-0.39, 0.29) is 5.91 Å². The third kappa shape index (κ3) is 3.67. The van der Waals surface area contributed by atoms with Crippen molar-refractivity contribution in [1.82, 2.24) is 5.32 Å². The van der Waals surface area contributed by atoms with E-state index < -0.39 is 17.7 Å². The van der Waals surface area contributed by atoms with Crippen LogP contribution in [0.15, 0.2) is 48.5 Å². The van der Waals surface area contributed by atoms with Gasteiger partial charge in [-0.1, -0.05) is 30.3 Å². The van der Waals surface area contributed by atoms with E-state index in [1.165, 1.54) is 5.56 Å². The number of aliphatic hydroxyl groups excluding tert-OH is 1. The predicted octanol–water partition coefficient (Wildman–Crippen LogP) is 2.19. The highest BCUT2D eigenvalue weighted by Gasteiger charge is 2.41. The second-order valence-electron chi connectivity index (χ2n) is 6.92. The summed E-state index contributed by atoms with van der Waals surface area (Å²) in [6.45, 7) is 4.15. The van der Waals surface area contributed by atoms with Gasteiger partial charge < -0.3 is 20.9 Å². The molecule has 0 saturated carbocycles. The van der Waals surface area contributed by atoms with E-state index in [1.54, 1.807) is 32.0 Å². The first-order valence-electron chi connectivity index (χ1n) is 8.47. The summed E-state index contributed by atoms with van der Waals surface area (Å²) in [6, 6.07) is 14.6. The summed E-state index contributed by atoms with van der Waals surface area (Å²) in [7, 11) is 0. The van der Waals surface area contributed by atoms with Crippen molar-refractivity contribution in [2.45, 2.75) is 38.0 Å². The molecule has 0 spiro atoms. The Kier molecular flexibility index (Phi) is 4.79. The van der Waals surface area contributed by atoms with Gasteiger partial charge in [0.25, 0.3) is 5.91 Å². The molecule has 0 unspecified atom stereocenters. The number of benzene rings is 2. The highest BCUT2D eigenvalue weighted by molar-refractivity contribution is 5.94. The summed E-state index contributed by atoms with van der Waals surface area (Å²) < 4.78 is 5.81. The minimum Gasteiger partial charge on any atom is -0.485 e. The molecule has 1 aliphatic rings. The van der Waals surface area contributed by atoms with Crippen molar-refractivity contribution in [3.8, 4) is 5.75 Å². The molecule has 1 aliphatic heterocycles. The Morgan fingerprint density at radius 3 is 2.68 bits per heavy atom. The number of nitrogens with one attached hydrogen (secondary N) is 1. The van der Waals surface area contributed by atoms with Crippen LogP contribution in [0.25, 0.3) is 0 Å². The van der Waals surface area contributed by atoms with Gasteiger partial charge in [-0.25, -0.2) is 0 Å². The average Bonchev–Trinajstić information content (AvgIpc) is 2.60. The molecule has 0 aliphatic carbocycles. The average molecular weight is 340 g/mol. The third-order valence-corrected chi connectivity index (χ3v) is 4.60. The smallest absolute Gasteiger partial charge is 0.251 e. The quantitative estimate of drug-likeness (QED) is 0.796. The maximum absolute atomic E-state index is 12.4. The number of hydrogen-bond donors (Lipinski definition) is 3. The van der Waals surface area contributed by atoms with Crippen molar-refractivity contribution in [3.63, 3.8) is 0 Å². The summed E-state index contributed by atoms with van der Waals surface area (Å²) in [5.74, 6) is 0.453. The fourth-order valence-corrected chi connectivity index (χ4v) is 3.06. The van der Waals surface area contributed by atoms with Crippen LogP contribution < -0.4 is 15.8 Å². The van der Waals surface area contributed by atoms with E-state index >= 15 is 0 Å². The molecule has 0 radical (unpaired) electrons. The van der Waals surface area contributed by atoms with E-state index in [2.05, 4.69) is 5.32 Å². The number of fused-ring (bicyclic) bond motifs is 1. The Bertz CT molecular complexity index is 759. The first-order valence-corrected chi connectivity index (χ1v) is 8.47. The zero-order chi connectivity index (χ0) is 18.0. The molecule has 25 heavy (non-hydrogen) atoms. The molecule has 1 heterocycles. The second-order valence-corrected chi connectivity index (χ2v) is 6.92. The lowest BCUT2D eigenvalue weighted by molar-refractivity contribution is -0.0571. The molecule has 132 valence electrons. The van der Waals surface area contributed by atoms with Gasteiger partial charge in [0.15, 0.2) is 0 Å². The number of carbonyl (C=O) groups is 1. The number of nitrogens with two attached hydrogens (primary N) is 1. The largest absolute Gasteiger partial charge is 0.485 e. The predicted molar refractivity (Wildman–Crippen MR) is 96.6 cm³/mol. The molecule has 2 aromatic carbocycles. The van der Waals surface area contributed by atoms with Gasteiger partial charge in [-0.3, -0.25) is 4.79 Å². The van der Waals surface area contributed by atoms with Crippen LogP contribution in [-0.2, 0) is 6.42 Å². The molecule has 0 aromatic heterocycles. The highest BCUT2D eigenvalue weighted by Crippen LogP contribution is 2.38. The van der Waals surface area contributed by atoms with Gasteiger partial charge in [0.05, 0.1) is 6.04 Å². The summed E-state index contributed by atoms with van der Waals surface area (Å²) >= 11 is 0. The first kappa shape index (κ1) is 17.5. The van der Waals surface area contributed by atoms with Crippen LogP contribution in [0.4, 0.5) is 0 Å². The van der Waals surface area contributed by atoms with Crippen LogP contribution in [0.2, 0.25) is 0 Å². The van der Waals surface area contributed by atoms with E-state index in [4.69, 9.17) is 10.5 Å². The number of aliphatic hydroxyl groups is 1. The van der Waals surface area contributed by atoms with Crippen molar-refractivity contribution in [1.29, 1.82) is 0 Å². The first-order chi connectivity index (χ1) is 11.9. The lowest BCUT2D eigenvalue weighted by Crippen LogP contribution is -2.51. The van der Waals surface area contributed by atoms with Gasteiger partial charge in [-0.05, 0) is 44.0 Å². The lowest BCUT2D eigenvalue weighted by atomic mass is 9.86. The van der Waals surface area contributed by atoms with Crippen molar-refractivity contribution >= 4 is 5.91 Å². The molecule has 5 heteroatoms. The van der Waals surface area contributed by atoms with Crippen molar-refractivity contribution in [2.24, 2.45) is 5.73 Å². The van der Waals surface area contributed by atoms with Crippen molar-refractivity contribution < 1.29 is 14.6 Å². The SMILES string of the molecule is CC1(C)Oc2ccc(C(=O)NCCc3ccccc3)cc2[C@@H](N)[C@@H]1O. The lowest BCUT2D eigenvalue weighted by Gasteiger charge is -2.40. The number of amides is 1. The van der Waals surface area contributed by atoms with E-state index in [0.717, 1.165) is 6.42 Å². The van der Waals surface area contributed by atoms with E-state index in [1.807, 2.05) is 30.3 Å². The van der Waals surface area contributed by atoms with Crippen LogP contribution in [0.1, 0.15) is 41.4 Å². The molecular weight excluding hydrogens is 316 g/mol. The Balaban J connectivity index is 1.68. The fraction of sp³-hybridized carbons (Fsp3) is 0.350. The molecule has 1 amide bonds. The molecule has 0 saturated heterocycles. The van der Waals surface area contributed by atoms with Gasteiger partial charge in [0.1, 0.15) is 17.5 Å². The molecule has 5 nitrogen and oxygen atoms in total. The molecule has 0 bridgehead atoms. The standard InChI is InChI=1S/C20H24N2O3/c1-20(2)18(23)17(21)15-12-14(8-9-16(15)25-20)19(24)22-11-10-13-6-4-3-5-7-13/h3-9,12,17-18,23H,10-11,21H2,1-2H3,(H,22,24)/t17-,18+/m1/s1. The Labute approximate surface area is 147 Å². The van der Waals surface area contributed by atoms with Crippen LogP contribution in [0.3, 0.4) is 0 Å². The summed E-state index contributed by atoms with van der Waals surface area (Å²) in [5, 5.41) is 13.2. The van der Waals surface area contributed by atoms with Crippen LogP contribution in [0, 0.1) is 0 Å². The highest BCUT2D eigenvalue weighted by atomic mass is 16.5. The minimum atomic E-state index is -0.837. The Morgan fingerprint density at radius 2 is 1.96 bits per heavy atom. The normalized spacial score (nSPS) is 21.1. The Hall–Kier alpha value is -2.37. The van der Waals surface area contributed by atoms with Gasteiger partial charge in [0, 0.05) is 17.7 Å². The molecular formula is C20H24N2O3. The summed E-state index contributed by atoms with van der Waals surface area (Å²) in [6.07, 6.45) is -0.0658. The van der Waals surface area contributed by atoms with Gasteiger partial charge in [-0.2, -0.15) is 0 Å². The second kappa shape index (κ2) is 6.86. The summed E-state index contributed by atoms with van der Waals surface area (Å²) in [4.78, 5) is 12.4. The van der Waals surface area contributed by atoms with Gasteiger partial charge in [0.2, 0.25) is 0 Å². The van der Waals surface area contributed by atoms with Crippen LogP contribution in [-0.4, -0.2) is 29.3 Å².